The van der Waals surface area contributed by atoms with Crippen LogP contribution in [0.25, 0.3) is 22.0 Å². The minimum atomic E-state index is -1.11. The van der Waals surface area contributed by atoms with Gasteiger partial charge in [0, 0.05) is 24.1 Å². The third-order valence-corrected chi connectivity index (χ3v) is 3.33. The predicted octanol–water partition coefficient (Wildman–Crippen LogP) is 2.50. The number of aryl methyl sites for hydroxylation is 1. The highest BCUT2D eigenvalue weighted by molar-refractivity contribution is 6.03. The monoisotopic (exact) mass is 269 g/mol. The Morgan fingerprint density at radius 2 is 2.00 bits per heavy atom. The maximum atomic E-state index is 11.8. The third kappa shape index (κ3) is 1.80. The highest BCUT2D eigenvalue weighted by atomic mass is 16.4. The summed E-state index contributed by atoms with van der Waals surface area (Å²) in [5.41, 5.74) is 1.95. The summed E-state index contributed by atoms with van der Waals surface area (Å²) in [6.45, 7) is 0. The van der Waals surface area contributed by atoms with Crippen molar-refractivity contribution in [2.24, 2.45) is 7.05 Å². The zero-order chi connectivity index (χ0) is 14.3. The molecule has 0 aliphatic rings. The van der Waals surface area contributed by atoms with Gasteiger partial charge in [0.1, 0.15) is 0 Å². The molecule has 2 aromatic heterocycles. The average molecular weight is 269 g/mol. The van der Waals surface area contributed by atoms with Gasteiger partial charge >= 0.3 is 5.97 Å². The summed E-state index contributed by atoms with van der Waals surface area (Å²) in [7, 11) is 1.62. The van der Waals surface area contributed by atoms with Crippen LogP contribution >= 0.6 is 0 Å². The fourth-order valence-corrected chi connectivity index (χ4v) is 2.25. The second-order valence-corrected chi connectivity index (χ2v) is 4.50. The molecule has 1 N–H and O–H groups in total. The van der Waals surface area contributed by atoms with E-state index < -0.39 is 5.97 Å². The van der Waals surface area contributed by atoms with E-state index in [1.165, 1.54) is 4.57 Å². The van der Waals surface area contributed by atoms with Gasteiger partial charge in [-0.3, -0.25) is 4.79 Å². The van der Waals surface area contributed by atoms with Gasteiger partial charge in [-0.25, -0.2) is 4.79 Å². The number of hydrogen-bond acceptors (Lipinski definition) is 3. The number of pyridine rings is 1. The molecule has 0 unspecified atom stereocenters. The van der Waals surface area contributed by atoms with Crippen LogP contribution in [0.15, 0.2) is 52.1 Å². The molecule has 0 spiro atoms. The normalized spacial score (nSPS) is 10.8. The molecule has 100 valence electrons. The number of rotatable bonds is 2. The Hall–Kier alpha value is -2.82. The molecule has 0 saturated carbocycles. The molecule has 0 bridgehead atoms. The van der Waals surface area contributed by atoms with E-state index in [2.05, 4.69) is 0 Å². The second-order valence-electron chi connectivity index (χ2n) is 4.50. The zero-order valence-electron chi connectivity index (χ0n) is 10.7. The molecule has 5 heteroatoms. The SMILES string of the molecule is Cn1c(=O)cc(C(=O)O)c2cc(-c3ccoc3)ccc21. The van der Waals surface area contributed by atoms with Gasteiger partial charge in [0.25, 0.3) is 5.56 Å². The van der Waals surface area contributed by atoms with Crippen LogP contribution in [0.5, 0.6) is 0 Å². The predicted molar refractivity (Wildman–Crippen MR) is 73.9 cm³/mol. The van der Waals surface area contributed by atoms with Crippen molar-refractivity contribution >= 4 is 16.9 Å². The van der Waals surface area contributed by atoms with E-state index >= 15 is 0 Å². The largest absolute Gasteiger partial charge is 0.478 e. The topological polar surface area (TPSA) is 72.4 Å². The summed E-state index contributed by atoms with van der Waals surface area (Å²) in [5.74, 6) is -1.11. The summed E-state index contributed by atoms with van der Waals surface area (Å²) in [6, 6.07) is 8.26. The number of benzene rings is 1. The Morgan fingerprint density at radius 1 is 1.20 bits per heavy atom. The van der Waals surface area contributed by atoms with Gasteiger partial charge in [0.05, 0.1) is 23.6 Å². The molecular weight excluding hydrogens is 258 g/mol. The Bertz CT molecular complexity index is 859. The van der Waals surface area contributed by atoms with Gasteiger partial charge in [-0.15, -0.1) is 0 Å². The van der Waals surface area contributed by atoms with Crippen LogP contribution < -0.4 is 5.56 Å². The third-order valence-electron chi connectivity index (χ3n) is 3.33. The molecule has 1 aromatic carbocycles. The van der Waals surface area contributed by atoms with E-state index in [0.717, 1.165) is 17.2 Å². The Labute approximate surface area is 113 Å². The quantitative estimate of drug-likeness (QED) is 0.775. The number of fused-ring (bicyclic) bond motifs is 1. The minimum absolute atomic E-state index is 0.00782. The molecular formula is C15H11NO4. The van der Waals surface area contributed by atoms with Crippen molar-refractivity contribution < 1.29 is 14.3 Å². The molecule has 0 atom stereocenters. The summed E-state index contributed by atoms with van der Waals surface area (Å²) in [4.78, 5) is 23.1. The summed E-state index contributed by atoms with van der Waals surface area (Å²) < 4.78 is 6.46. The van der Waals surface area contributed by atoms with E-state index in [9.17, 15) is 14.7 Å². The van der Waals surface area contributed by atoms with Crippen molar-refractivity contribution in [1.82, 2.24) is 4.57 Å². The average Bonchev–Trinajstić information content (AvgIpc) is 2.96. The van der Waals surface area contributed by atoms with E-state index in [0.29, 0.717) is 10.9 Å². The lowest BCUT2D eigenvalue weighted by molar-refractivity contribution is 0.0699. The molecule has 5 nitrogen and oxygen atoms in total. The van der Waals surface area contributed by atoms with E-state index in [1.54, 1.807) is 37.8 Å². The van der Waals surface area contributed by atoms with Crippen molar-refractivity contribution in [3.05, 3.63) is 58.8 Å². The maximum absolute atomic E-state index is 11.8. The molecule has 0 fully saturated rings. The summed E-state index contributed by atoms with van der Waals surface area (Å²) in [6.07, 6.45) is 3.14. The van der Waals surface area contributed by atoms with Gasteiger partial charge in [-0.1, -0.05) is 6.07 Å². The van der Waals surface area contributed by atoms with Crippen molar-refractivity contribution in [2.75, 3.05) is 0 Å². The number of carbonyl (C=O) groups is 1. The molecule has 0 amide bonds. The molecule has 2 heterocycles. The van der Waals surface area contributed by atoms with Gasteiger partial charge in [0.2, 0.25) is 0 Å². The number of aromatic nitrogens is 1. The van der Waals surface area contributed by atoms with Crippen LogP contribution in [0.2, 0.25) is 0 Å². The molecule has 0 aliphatic heterocycles. The van der Waals surface area contributed by atoms with Gasteiger partial charge < -0.3 is 14.1 Å². The number of aromatic carboxylic acids is 1. The molecule has 0 saturated heterocycles. The first kappa shape index (κ1) is 12.2. The lowest BCUT2D eigenvalue weighted by Crippen LogP contribution is -2.18. The Balaban J connectivity index is 2.38. The van der Waals surface area contributed by atoms with Crippen LogP contribution in [-0.2, 0) is 7.05 Å². The van der Waals surface area contributed by atoms with Crippen molar-refractivity contribution in [3.8, 4) is 11.1 Å². The minimum Gasteiger partial charge on any atom is -0.478 e. The second kappa shape index (κ2) is 4.38. The number of nitrogens with zero attached hydrogens (tertiary/aromatic N) is 1. The lowest BCUT2D eigenvalue weighted by atomic mass is 10.0. The van der Waals surface area contributed by atoms with E-state index in [-0.39, 0.29) is 11.1 Å². The number of carboxylic acid groups (broad SMARTS) is 1. The first-order chi connectivity index (χ1) is 9.58. The highest BCUT2D eigenvalue weighted by Gasteiger charge is 2.13. The molecule has 3 aromatic rings. The van der Waals surface area contributed by atoms with Gasteiger partial charge in [0.15, 0.2) is 0 Å². The molecule has 0 radical (unpaired) electrons. The fraction of sp³-hybridized carbons (Fsp3) is 0.0667. The lowest BCUT2D eigenvalue weighted by Gasteiger charge is -2.09. The highest BCUT2D eigenvalue weighted by Crippen LogP contribution is 2.26. The molecule has 3 rings (SSSR count). The number of hydrogen-bond donors (Lipinski definition) is 1. The van der Waals surface area contributed by atoms with Crippen LogP contribution in [0.3, 0.4) is 0 Å². The van der Waals surface area contributed by atoms with Gasteiger partial charge in [-0.05, 0) is 23.8 Å². The first-order valence-electron chi connectivity index (χ1n) is 5.97. The number of carboxylic acids is 1. The van der Waals surface area contributed by atoms with Crippen molar-refractivity contribution in [2.45, 2.75) is 0 Å². The zero-order valence-corrected chi connectivity index (χ0v) is 10.7. The van der Waals surface area contributed by atoms with E-state index in [1.807, 2.05) is 6.07 Å². The maximum Gasteiger partial charge on any atom is 0.336 e. The van der Waals surface area contributed by atoms with Crippen LogP contribution in [0.4, 0.5) is 0 Å². The van der Waals surface area contributed by atoms with Crippen LogP contribution in [0.1, 0.15) is 10.4 Å². The molecule has 20 heavy (non-hydrogen) atoms. The van der Waals surface area contributed by atoms with E-state index in [4.69, 9.17) is 4.42 Å². The standard InChI is InChI=1S/C15H11NO4/c1-16-13-3-2-9(10-4-5-20-8-10)6-11(13)12(15(18)19)7-14(16)17/h2-8H,1H3,(H,18,19). The van der Waals surface area contributed by atoms with Crippen molar-refractivity contribution in [3.63, 3.8) is 0 Å². The van der Waals surface area contributed by atoms with Crippen LogP contribution in [0, 0.1) is 0 Å². The van der Waals surface area contributed by atoms with Gasteiger partial charge in [-0.2, -0.15) is 0 Å². The first-order valence-corrected chi connectivity index (χ1v) is 5.97. The molecule has 0 aliphatic carbocycles. The summed E-state index contributed by atoms with van der Waals surface area (Å²) in [5, 5.41) is 9.78. The van der Waals surface area contributed by atoms with Crippen LogP contribution in [-0.4, -0.2) is 15.6 Å². The smallest absolute Gasteiger partial charge is 0.336 e. The Kier molecular flexibility index (Phi) is 2.68. The fourth-order valence-electron chi connectivity index (χ4n) is 2.25. The summed E-state index contributed by atoms with van der Waals surface area (Å²) >= 11 is 0. The number of furan rings is 1. The Morgan fingerprint density at radius 3 is 2.65 bits per heavy atom. The van der Waals surface area contributed by atoms with Crippen molar-refractivity contribution in [1.29, 1.82) is 0 Å².